The van der Waals surface area contributed by atoms with Crippen LogP contribution >= 0.6 is 0 Å². The topological polar surface area (TPSA) is 74.6 Å². The molecule has 2 amide bonds. The van der Waals surface area contributed by atoms with Gasteiger partial charge in [-0.05, 0) is 32.8 Å². The Morgan fingerprint density at radius 1 is 0.941 bits per heavy atom. The van der Waals surface area contributed by atoms with Gasteiger partial charge in [-0.25, -0.2) is 9.67 Å². The van der Waals surface area contributed by atoms with Crippen LogP contribution in [0.25, 0.3) is 22.3 Å². The second-order valence-electron chi connectivity index (χ2n) is 9.50. The molecule has 2 aliphatic heterocycles. The molecule has 0 aliphatic carbocycles. The number of likely N-dealkylation sites (tertiary alicyclic amines) is 1. The third-order valence-corrected chi connectivity index (χ3v) is 6.83. The Morgan fingerprint density at radius 2 is 1.65 bits per heavy atom. The van der Waals surface area contributed by atoms with Crippen LogP contribution in [-0.2, 0) is 4.79 Å². The van der Waals surface area contributed by atoms with Gasteiger partial charge in [-0.1, -0.05) is 30.3 Å². The number of benzene rings is 1. The molecular formula is C26H32N6O2. The van der Waals surface area contributed by atoms with Gasteiger partial charge in [0, 0.05) is 50.9 Å². The number of aromatic nitrogens is 3. The quantitative estimate of drug-likeness (QED) is 0.585. The lowest BCUT2D eigenvalue weighted by molar-refractivity contribution is -0.131. The molecule has 0 spiro atoms. The zero-order valence-corrected chi connectivity index (χ0v) is 20.0. The van der Waals surface area contributed by atoms with Gasteiger partial charge < -0.3 is 9.80 Å². The second-order valence-corrected chi connectivity index (χ2v) is 9.50. The van der Waals surface area contributed by atoms with Crippen LogP contribution < -0.4 is 0 Å². The lowest BCUT2D eigenvalue weighted by Crippen LogP contribution is -2.51. The van der Waals surface area contributed by atoms with Gasteiger partial charge in [-0.2, -0.15) is 5.10 Å². The Kier molecular flexibility index (Phi) is 6.32. The first-order chi connectivity index (χ1) is 16.5. The maximum absolute atomic E-state index is 13.7. The van der Waals surface area contributed by atoms with E-state index in [0.717, 1.165) is 48.2 Å². The summed E-state index contributed by atoms with van der Waals surface area (Å²) in [6.45, 7) is 8.95. The minimum absolute atomic E-state index is 0.00148. The molecule has 5 rings (SSSR count). The molecule has 0 radical (unpaired) electrons. The number of hydrogen-bond donors (Lipinski definition) is 0. The smallest absolute Gasteiger partial charge is 0.254 e. The van der Waals surface area contributed by atoms with Crippen molar-refractivity contribution in [1.29, 1.82) is 0 Å². The van der Waals surface area contributed by atoms with E-state index < -0.39 is 0 Å². The lowest BCUT2D eigenvalue weighted by atomic mass is 10.1. The molecule has 34 heavy (non-hydrogen) atoms. The van der Waals surface area contributed by atoms with Crippen molar-refractivity contribution in [3.63, 3.8) is 0 Å². The van der Waals surface area contributed by atoms with Gasteiger partial charge in [0.1, 0.15) is 0 Å². The minimum Gasteiger partial charge on any atom is -0.342 e. The summed E-state index contributed by atoms with van der Waals surface area (Å²) in [7, 11) is 0. The van der Waals surface area contributed by atoms with Crippen LogP contribution in [-0.4, -0.2) is 87.1 Å². The standard InChI is InChI=1S/C26H32N6O2/c1-19(2)32-25-22(17-27-32)21(16-23(28-25)20-8-4-3-5-9-20)26(34)31-14-12-29(13-15-31)18-24(33)30-10-6-7-11-30/h3-5,8-9,16-17,19H,6-7,10-15,18H2,1-2H3. The maximum atomic E-state index is 13.7. The van der Waals surface area contributed by atoms with E-state index in [1.807, 2.05) is 50.9 Å². The molecule has 178 valence electrons. The third kappa shape index (κ3) is 4.42. The van der Waals surface area contributed by atoms with E-state index in [9.17, 15) is 9.59 Å². The van der Waals surface area contributed by atoms with Crippen LogP contribution in [0.5, 0.6) is 0 Å². The lowest BCUT2D eigenvalue weighted by Gasteiger charge is -2.35. The average molecular weight is 461 g/mol. The van der Waals surface area contributed by atoms with Crippen LogP contribution in [0.2, 0.25) is 0 Å². The highest BCUT2D eigenvalue weighted by Gasteiger charge is 2.28. The molecule has 8 nitrogen and oxygen atoms in total. The van der Waals surface area contributed by atoms with Crippen molar-refractivity contribution in [3.05, 3.63) is 48.2 Å². The summed E-state index contributed by atoms with van der Waals surface area (Å²) in [5, 5.41) is 5.32. The van der Waals surface area contributed by atoms with E-state index in [1.54, 1.807) is 6.20 Å². The van der Waals surface area contributed by atoms with Crippen molar-refractivity contribution < 1.29 is 9.59 Å². The first kappa shape index (κ1) is 22.5. The highest BCUT2D eigenvalue weighted by molar-refractivity contribution is 6.06. The van der Waals surface area contributed by atoms with E-state index in [1.165, 1.54) is 0 Å². The van der Waals surface area contributed by atoms with Crippen LogP contribution in [0, 0.1) is 0 Å². The number of pyridine rings is 1. The van der Waals surface area contributed by atoms with Crippen molar-refractivity contribution in [2.75, 3.05) is 45.8 Å². The second kappa shape index (κ2) is 9.54. The van der Waals surface area contributed by atoms with Gasteiger partial charge in [0.2, 0.25) is 5.91 Å². The van der Waals surface area contributed by atoms with Gasteiger partial charge in [0.05, 0.1) is 29.4 Å². The highest BCUT2D eigenvalue weighted by atomic mass is 16.2. The largest absolute Gasteiger partial charge is 0.342 e. The van der Waals surface area contributed by atoms with Gasteiger partial charge in [0.15, 0.2) is 5.65 Å². The van der Waals surface area contributed by atoms with Crippen molar-refractivity contribution >= 4 is 22.8 Å². The Balaban J connectivity index is 1.37. The zero-order chi connectivity index (χ0) is 23.7. The molecule has 3 aromatic rings. The molecule has 0 unspecified atom stereocenters. The normalized spacial score (nSPS) is 17.1. The summed E-state index contributed by atoms with van der Waals surface area (Å²) < 4.78 is 1.88. The van der Waals surface area contributed by atoms with E-state index in [0.29, 0.717) is 38.3 Å². The molecule has 0 saturated carbocycles. The number of fused-ring (bicyclic) bond motifs is 1. The molecule has 2 aliphatic rings. The van der Waals surface area contributed by atoms with Crippen LogP contribution in [0.15, 0.2) is 42.6 Å². The fraction of sp³-hybridized carbons (Fsp3) is 0.462. The molecule has 2 saturated heterocycles. The van der Waals surface area contributed by atoms with Gasteiger partial charge in [-0.15, -0.1) is 0 Å². The number of carbonyl (C=O) groups is 2. The van der Waals surface area contributed by atoms with Gasteiger partial charge >= 0.3 is 0 Å². The first-order valence-electron chi connectivity index (χ1n) is 12.2. The maximum Gasteiger partial charge on any atom is 0.254 e. The highest BCUT2D eigenvalue weighted by Crippen LogP contribution is 2.27. The molecule has 0 atom stereocenters. The van der Waals surface area contributed by atoms with Crippen LogP contribution in [0.1, 0.15) is 43.1 Å². The average Bonchev–Trinajstić information content (AvgIpc) is 3.54. The van der Waals surface area contributed by atoms with Crippen molar-refractivity contribution in [3.8, 4) is 11.3 Å². The van der Waals surface area contributed by atoms with E-state index in [4.69, 9.17) is 4.98 Å². The number of rotatable bonds is 5. The summed E-state index contributed by atoms with van der Waals surface area (Å²) >= 11 is 0. The summed E-state index contributed by atoms with van der Waals surface area (Å²) in [5.74, 6) is 0.208. The molecular weight excluding hydrogens is 428 g/mol. The summed E-state index contributed by atoms with van der Waals surface area (Å²) in [5.41, 5.74) is 3.11. The number of hydrogen-bond acceptors (Lipinski definition) is 5. The molecule has 0 bridgehead atoms. The first-order valence-corrected chi connectivity index (χ1v) is 12.2. The van der Waals surface area contributed by atoms with E-state index >= 15 is 0 Å². The summed E-state index contributed by atoms with van der Waals surface area (Å²) in [6.07, 6.45) is 3.97. The number of amides is 2. The predicted molar refractivity (Wildman–Crippen MR) is 132 cm³/mol. The zero-order valence-electron chi connectivity index (χ0n) is 20.0. The number of nitrogens with zero attached hydrogens (tertiary/aromatic N) is 6. The Hall–Kier alpha value is -3.26. The van der Waals surface area contributed by atoms with Crippen LogP contribution in [0.4, 0.5) is 0 Å². The minimum atomic E-state index is -0.00148. The van der Waals surface area contributed by atoms with Crippen molar-refractivity contribution in [1.82, 2.24) is 29.5 Å². The summed E-state index contributed by atoms with van der Waals surface area (Å²) in [6, 6.07) is 12.0. The molecule has 2 aromatic heterocycles. The number of carbonyl (C=O) groups excluding carboxylic acids is 2. The fourth-order valence-corrected chi connectivity index (χ4v) is 4.87. The van der Waals surface area contributed by atoms with Gasteiger partial charge in [0.25, 0.3) is 5.91 Å². The van der Waals surface area contributed by atoms with Crippen molar-refractivity contribution in [2.45, 2.75) is 32.7 Å². The molecule has 2 fully saturated rings. The number of piperazine rings is 1. The monoisotopic (exact) mass is 460 g/mol. The van der Waals surface area contributed by atoms with Gasteiger partial charge in [-0.3, -0.25) is 14.5 Å². The Labute approximate surface area is 200 Å². The predicted octanol–water partition coefficient (Wildman–Crippen LogP) is 3.06. The van der Waals surface area contributed by atoms with E-state index in [2.05, 4.69) is 23.8 Å². The summed E-state index contributed by atoms with van der Waals surface area (Å²) in [4.78, 5) is 37.1. The Bertz CT molecular complexity index is 1170. The SMILES string of the molecule is CC(C)n1ncc2c(C(=O)N3CCN(CC(=O)N4CCCC4)CC3)cc(-c3ccccc3)nc21. The van der Waals surface area contributed by atoms with E-state index in [-0.39, 0.29) is 17.9 Å². The third-order valence-electron chi connectivity index (χ3n) is 6.83. The molecule has 4 heterocycles. The molecule has 1 aromatic carbocycles. The molecule has 0 N–H and O–H groups in total. The fourth-order valence-electron chi connectivity index (χ4n) is 4.87. The van der Waals surface area contributed by atoms with Crippen LogP contribution in [0.3, 0.4) is 0 Å². The molecule has 8 heteroatoms. The Morgan fingerprint density at radius 3 is 2.32 bits per heavy atom. The van der Waals surface area contributed by atoms with Crippen molar-refractivity contribution in [2.24, 2.45) is 0 Å².